The van der Waals surface area contributed by atoms with Crippen LogP contribution in [0, 0.1) is 13.8 Å². The molecule has 2 aromatic rings. The van der Waals surface area contributed by atoms with Crippen molar-refractivity contribution in [3.05, 3.63) is 22.2 Å². The van der Waals surface area contributed by atoms with Crippen LogP contribution in [0.2, 0.25) is 5.15 Å². The zero-order chi connectivity index (χ0) is 11.9. The summed E-state index contributed by atoms with van der Waals surface area (Å²) in [5.74, 6) is 0.381. The summed E-state index contributed by atoms with van der Waals surface area (Å²) in [4.78, 5) is 22.8. The number of nitrogens with zero attached hydrogens (tertiary/aromatic N) is 2. The minimum atomic E-state index is -0.191. The van der Waals surface area contributed by atoms with E-state index in [0.29, 0.717) is 27.7 Å². The van der Waals surface area contributed by atoms with E-state index in [4.69, 9.17) is 11.6 Å². The molecule has 0 aliphatic rings. The normalized spacial score (nSPS) is 10.8. The summed E-state index contributed by atoms with van der Waals surface area (Å²) >= 11 is 6.03. The van der Waals surface area contributed by atoms with Crippen LogP contribution in [0.4, 0.5) is 0 Å². The van der Waals surface area contributed by atoms with Crippen LogP contribution in [0.25, 0.3) is 11.0 Å². The first-order valence-corrected chi connectivity index (χ1v) is 5.17. The van der Waals surface area contributed by atoms with Gasteiger partial charge in [0.1, 0.15) is 22.3 Å². The fourth-order valence-corrected chi connectivity index (χ4v) is 2.00. The maximum Gasteiger partial charge on any atom is 0.267 e. The molecular weight excluding hydrogens is 228 g/mol. The van der Waals surface area contributed by atoms with Crippen molar-refractivity contribution in [3.8, 4) is 0 Å². The van der Waals surface area contributed by atoms with E-state index in [1.54, 1.807) is 14.0 Å². The third kappa shape index (κ3) is 1.53. The molecule has 16 heavy (non-hydrogen) atoms. The summed E-state index contributed by atoms with van der Waals surface area (Å²) in [5.41, 5.74) is 1.83. The van der Waals surface area contributed by atoms with Crippen molar-refractivity contribution in [2.45, 2.75) is 13.8 Å². The first-order valence-electron chi connectivity index (χ1n) is 4.79. The molecule has 0 aromatic carbocycles. The van der Waals surface area contributed by atoms with Crippen LogP contribution in [0.5, 0.6) is 0 Å². The van der Waals surface area contributed by atoms with Gasteiger partial charge < -0.3 is 10.3 Å². The van der Waals surface area contributed by atoms with Crippen molar-refractivity contribution in [2.75, 3.05) is 7.05 Å². The van der Waals surface area contributed by atoms with Crippen molar-refractivity contribution < 1.29 is 4.79 Å². The Morgan fingerprint density at radius 2 is 2.06 bits per heavy atom. The summed E-state index contributed by atoms with van der Waals surface area (Å²) in [6.07, 6.45) is 0. The number of H-pyrrole nitrogens is 1. The van der Waals surface area contributed by atoms with E-state index in [1.165, 1.54) is 0 Å². The number of carbonyl (C=O) groups excluding carboxylic acids is 1. The lowest BCUT2D eigenvalue weighted by atomic mass is 10.2. The second kappa shape index (κ2) is 3.75. The Hall–Kier alpha value is -1.62. The van der Waals surface area contributed by atoms with E-state index in [2.05, 4.69) is 20.3 Å². The van der Waals surface area contributed by atoms with Gasteiger partial charge in [-0.05, 0) is 19.4 Å². The molecule has 0 fully saturated rings. The maximum atomic E-state index is 11.6. The van der Waals surface area contributed by atoms with Crippen LogP contribution in [0.15, 0.2) is 0 Å². The third-order valence-electron chi connectivity index (χ3n) is 2.42. The standard InChI is InChI=1S/C10H11ClN4O/c1-4-6-8(11)13-5(2)14-9(6)15-7(4)10(16)12-3/h1-3H3,(H,12,16)(H,13,14,15). The largest absolute Gasteiger partial charge is 0.354 e. The molecule has 0 bridgehead atoms. The molecule has 6 heteroatoms. The number of nitrogens with one attached hydrogen (secondary N) is 2. The van der Waals surface area contributed by atoms with Gasteiger partial charge >= 0.3 is 0 Å². The van der Waals surface area contributed by atoms with Gasteiger partial charge in [0, 0.05) is 7.05 Å². The molecule has 0 unspecified atom stereocenters. The first kappa shape index (κ1) is 10.9. The molecule has 1 amide bonds. The highest BCUT2D eigenvalue weighted by molar-refractivity contribution is 6.34. The number of carbonyl (C=O) groups is 1. The van der Waals surface area contributed by atoms with Gasteiger partial charge in [0.05, 0.1) is 5.39 Å². The number of hydrogen-bond acceptors (Lipinski definition) is 3. The van der Waals surface area contributed by atoms with E-state index >= 15 is 0 Å². The first-order chi connectivity index (χ1) is 7.54. The molecule has 0 spiro atoms. The zero-order valence-corrected chi connectivity index (χ0v) is 9.94. The molecule has 0 atom stereocenters. The zero-order valence-electron chi connectivity index (χ0n) is 9.18. The molecule has 84 valence electrons. The second-order valence-corrected chi connectivity index (χ2v) is 3.85. The van der Waals surface area contributed by atoms with Crippen molar-refractivity contribution >= 4 is 28.5 Å². The van der Waals surface area contributed by atoms with Crippen LogP contribution < -0.4 is 5.32 Å². The van der Waals surface area contributed by atoms with Crippen molar-refractivity contribution in [1.29, 1.82) is 0 Å². The number of aromatic amines is 1. The predicted molar refractivity (Wildman–Crippen MR) is 61.8 cm³/mol. The number of aromatic nitrogens is 3. The summed E-state index contributed by atoms with van der Waals surface area (Å²) in [6, 6.07) is 0. The SMILES string of the molecule is CNC(=O)c1[nH]c2nc(C)nc(Cl)c2c1C. The third-order valence-corrected chi connectivity index (χ3v) is 2.70. The van der Waals surface area contributed by atoms with Crippen LogP contribution in [0.1, 0.15) is 21.9 Å². The van der Waals surface area contributed by atoms with Crippen molar-refractivity contribution in [2.24, 2.45) is 0 Å². The number of halogens is 1. The molecule has 2 heterocycles. The quantitative estimate of drug-likeness (QED) is 0.742. The Morgan fingerprint density at radius 3 is 2.69 bits per heavy atom. The minimum Gasteiger partial charge on any atom is -0.354 e. The number of fused-ring (bicyclic) bond motifs is 1. The van der Waals surface area contributed by atoms with Gasteiger partial charge in [-0.1, -0.05) is 11.6 Å². The molecule has 0 aliphatic carbocycles. The summed E-state index contributed by atoms with van der Waals surface area (Å²) < 4.78 is 0. The summed E-state index contributed by atoms with van der Waals surface area (Å²) in [6.45, 7) is 3.56. The van der Waals surface area contributed by atoms with Gasteiger partial charge in [0.2, 0.25) is 0 Å². The Bertz CT molecular complexity index is 576. The molecule has 0 radical (unpaired) electrons. The average Bonchev–Trinajstić information content (AvgIpc) is 2.54. The monoisotopic (exact) mass is 238 g/mol. The lowest BCUT2D eigenvalue weighted by molar-refractivity contribution is 0.0958. The fraction of sp³-hybridized carbons (Fsp3) is 0.300. The highest BCUT2D eigenvalue weighted by Gasteiger charge is 2.17. The van der Waals surface area contributed by atoms with Gasteiger partial charge in [0.25, 0.3) is 5.91 Å². The Morgan fingerprint density at radius 1 is 1.38 bits per heavy atom. The number of aryl methyl sites for hydroxylation is 2. The van der Waals surface area contributed by atoms with Gasteiger partial charge in [-0.25, -0.2) is 9.97 Å². The van der Waals surface area contributed by atoms with E-state index in [1.807, 2.05) is 6.92 Å². The second-order valence-electron chi connectivity index (χ2n) is 3.49. The van der Waals surface area contributed by atoms with Crippen molar-refractivity contribution in [1.82, 2.24) is 20.3 Å². The maximum absolute atomic E-state index is 11.6. The topological polar surface area (TPSA) is 70.7 Å². The van der Waals surface area contributed by atoms with E-state index in [9.17, 15) is 4.79 Å². The Balaban J connectivity index is 2.78. The summed E-state index contributed by atoms with van der Waals surface area (Å²) in [5, 5.41) is 3.62. The molecule has 0 saturated carbocycles. The lowest BCUT2D eigenvalue weighted by Gasteiger charge is -1.97. The average molecular weight is 239 g/mol. The lowest BCUT2D eigenvalue weighted by Crippen LogP contribution is -2.19. The smallest absolute Gasteiger partial charge is 0.267 e. The van der Waals surface area contributed by atoms with Crippen molar-refractivity contribution in [3.63, 3.8) is 0 Å². The van der Waals surface area contributed by atoms with E-state index in [-0.39, 0.29) is 5.91 Å². The molecule has 2 N–H and O–H groups in total. The summed E-state index contributed by atoms with van der Waals surface area (Å²) in [7, 11) is 1.58. The molecule has 5 nitrogen and oxygen atoms in total. The molecule has 2 rings (SSSR count). The van der Waals surface area contributed by atoms with Crippen LogP contribution in [-0.4, -0.2) is 27.9 Å². The minimum absolute atomic E-state index is 0.191. The Labute approximate surface area is 97.2 Å². The molecule has 2 aromatic heterocycles. The van der Waals surface area contributed by atoms with Gasteiger partial charge in [-0.2, -0.15) is 0 Å². The highest BCUT2D eigenvalue weighted by Crippen LogP contribution is 2.26. The molecular formula is C10H11ClN4O. The van der Waals surface area contributed by atoms with Gasteiger partial charge in [-0.3, -0.25) is 4.79 Å². The van der Waals surface area contributed by atoms with Crippen LogP contribution >= 0.6 is 11.6 Å². The molecule has 0 saturated heterocycles. The molecule has 0 aliphatic heterocycles. The Kier molecular flexibility index (Phi) is 2.55. The fourth-order valence-electron chi connectivity index (χ4n) is 1.65. The van der Waals surface area contributed by atoms with E-state index < -0.39 is 0 Å². The number of rotatable bonds is 1. The van der Waals surface area contributed by atoms with E-state index in [0.717, 1.165) is 5.56 Å². The van der Waals surface area contributed by atoms with Crippen LogP contribution in [-0.2, 0) is 0 Å². The number of hydrogen-bond donors (Lipinski definition) is 2. The predicted octanol–water partition coefficient (Wildman–Crippen LogP) is 1.59. The van der Waals surface area contributed by atoms with Crippen LogP contribution in [0.3, 0.4) is 0 Å². The van der Waals surface area contributed by atoms with Gasteiger partial charge in [0.15, 0.2) is 0 Å². The van der Waals surface area contributed by atoms with Gasteiger partial charge in [-0.15, -0.1) is 0 Å². The highest BCUT2D eigenvalue weighted by atomic mass is 35.5. The number of amides is 1.